The lowest BCUT2D eigenvalue weighted by atomic mass is 9.99. The van der Waals surface area contributed by atoms with Crippen molar-refractivity contribution in [2.45, 2.75) is 34.7 Å². The molecule has 7 nitrogen and oxygen atoms in total. The molecule has 0 saturated carbocycles. The Morgan fingerprint density at radius 3 is 1.49 bits per heavy atom. The molecule has 0 amide bonds. The first-order valence-corrected chi connectivity index (χ1v) is 14.6. The maximum atomic E-state index is 14.6. The fourth-order valence-electron chi connectivity index (χ4n) is 4.44. The summed E-state index contributed by atoms with van der Waals surface area (Å²) in [7, 11) is 0. The van der Waals surface area contributed by atoms with Gasteiger partial charge >= 0.3 is 17.9 Å². The number of hydrogen-bond acceptors (Lipinski definition) is 8. The summed E-state index contributed by atoms with van der Waals surface area (Å²) >= 11 is 7.18. The number of benzene rings is 4. The van der Waals surface area contributed by atoms with Crippen LogP contribution in [0.2, 0.25) is 5.02 Å². The van der Waals surface area contributed by atoms with E-state index >= 15 is 0 Å². The normalized spacial score (nSPS) is 21.4. The minimum atomic E-state index is -1.46. The molecule has 0 aromatic heterocycles. The summed E-state index contributed by atoms with van der Waals surface area (Å²) in [5.74, 6) is -2.30. The van der Waals surface area contributed by atoms with Crippen LogP contribution in [0.4, 0.5) is 4.39 Å². The number of alkyl halides is 1. The fourth-order valence-corrected chi connectivity index (χ4v) is 5.67. The Kier molecular flexibility index (Phi) is 10.1. The smallest absolute Gasteiger partial charge is 0.338 e. The van der Waals surface area contributed by atoms with Crippen LogP contribution < -0.4 is 0 Å². The molecule has 0 unspecified atom stereocenters. The molecule has 4 aromatic carbocycles. The molecule has 1 aliphatic rings. The van der Waals surface area contributed by atoms with Gasteiger partial charge in [0.05, 0.1) is 16.7 Å². The molecule has 0 spiro atoms. The zero-order valence-electron chi connectivity index (χ0n) is 22.6. The van der Waals surface area contributed by atoms with Crippen molar-refractivity contribution < 1.29 is 37.7 Å². The van der Waals surface area contributed by atoms with E-state index in [1.807, 2.05) is 0 Å². The third kappa shape index (κ3) is 7.62. The van der Waals surface area contributed by atoms with Gasteiger partial charge < -0.3 is 18.9 Å². The zero-order chi connectivity index (χ0) is 30.2. The summed E-state index contributed by atoms with van der Waals surface area (Å²) in [5, 5.41) is 0.505. The van der Waals surface area contributed by atoms with E-state index in [1.165, 1.54) is 12.1 Å². The van der Waals surface area contributed by atoms with E-state index in [2.05, 4.69) is 0 Å². The molecule has 0 aliphatic carbocycles. The van der Waals surface area contributed by atoms with Crippen molar-refractivity contribution in [1.29, 1.82) is 0 Å². The molecule has 1 fully saturated rings. The number of rotatable bonds is 9. The zero-order valence-corrected chi connectivity index (χ0v) is 24.2. The first kappa shape index (κ1) is 30.3. The molecule has 5 atom stereocenters. The predicted octanol–water partition coefficient (Wildman–Crippen LogP) is 6.80. The lowest BCUT2D eigenvalue weighted by Crippen LogP contribution is -2.61. The van der Waals surface area contributed by atoms with Crippen LogP contribution in [0, 0.1) is 0 Å². The van der Waals surface area contributed by atoms with Crippen LogP contribution in [-0.4, -0.2) is 54.4 Å². The first-order chi connectivity index (χ1) is 20.9. The van der Waals surface area contributed by atoms with E-state index in [9.17, 15) is 18.8 Å². The summed E-state index contributed by atoms with van der Waals surface area (Å²) < 4.78 is 38.4. The highest BCUT2D eigenvalue weighted by Gasteiger charge is 2.53. The first-order valence-electron chi connectivity index (χ1n) is 13.3. The number of ether oxygens (including phenoxy) is 4. The van der Waals surface area contributed by atoms with E-state index in [-0.39, 0.29) is 16.7 Å². The number of carbonyl (C=O) groups is 3. The predicted molar refractivity (Wildman–Crippen MR) is 159 cm³/mol. The highest BCUT2D eigenvalue weighted by atomic mass is 35.5. The van der Waals surface area contributed by atoms with E-state index in [4.69, 9.17) is 30.5 Å². The number of hydrogen-bond donors (Lipinski definition) is 0. The van der Waals surface area contributed by atoms with Crippen LogP contribution in [0.5, 0.6) is 0 Å². The molecule has 10 heteroatoms. The third-order valence-corrected chi connectivity index (χ3v) is 7.97. The summed E-state index contributed by atoms with van der Waals surface area (Å²) in [6.07, 6.45) is -5.57. The summed E-state index contributed by atoms with van der Waals surface area (Å²) in [4.78, 5) is 40.5. The molecule has 1 saturated heterocycles. The van der Waals surface area contributed by atoms with E-state index in [0.29, 0.717) is 9.92 Å². The van der Waals surface area contributed by atoms with Crippen LogP contribution in [0.1, 0.15) is 31.1 Å². The van der Waals surface area contributed by atoms with Gasteiger partial charge in [-0.1, -0.05) is 78.0 Å². The van der Waals surface area contributed by atoms with Gasteiger partial charge in [-0.2, -0.15) is 0 Å². The molecule has 43 heavy (non-hydrogen) atoms. The van der Waals surface area contributed by atoms with Gasteiger partial charge in [-0.05, 0) is 60.7 Å². The minimum Gasteiger partial charge on any atom is -0.452 e. The van der Waals surface area contributed by atoms with E-state index in [1.54, 1.807) is 103 Å². The molecule has 4 aromatic rings. The number of thioether (sulfide) groups is 1. The highest BCUT2D eigenvalue weighted by Crippen LogP contribution is 2.38. The number of carbonyl (C=O) groups excluding carboxylic acids is 3. The topological polar surface area (TPSA) is 88.1 Å². The maximum Gasteiger partial charge on any atom is 0.338 e. The molecule has 0 N–H and O–H groups in total. The number of esters is 3. The van der Waals surface area contributed by atoms with Crippen LogP contribution >= 0.6 is 23.4 Å². The SMILES string of the molecule is O=C(O[C@@H]1[C@@H](OC(=O)c2ccccc2)[C@H](Sc2ccc(Cl)cc2)O[C@H](CF)[C@H]1OC(=O)c1ccccc1)c1ccccc1. The molecule has 0 bridgehead atoms. The summed E-state index contributed by atoms with van der Waals surface area (Å²) in [5.41, 5.74) is -0.427. The Morgan fingerprint density at radius 2 is 1.05 bits per heavy atom. The molecule has 1 aliphatic heterocycles. The van der Waals surface area contributed by atoms with Crippen molar-refractivity contribution in [2.24, 2.45) is 0 Å². The molecule has 0 radical (unpaired) electrons. The Labute approximate surface area is 256 Å². The molecule has 5 rings (SSSR count). The largest absolute Gasteiger partial charge is 0.452 e. The lowest BCUT2D eigenvalue weighted by Gasteiger charge is -2.44. The van der Waals surface area contributed by atoms with Gasteiger partial charge in [0.15, 0.2) is 18.3 Å². The van der Waals surface area contributed by atoms with Crippen molar-refractivity contribution in [1.82, 2.24) is 0 Å². The Bertz CT molecular complexity index is 1520. The highest BCUT2D eigenvalue weighted by molar-refractivity contribution is 7.99. The van der Waals surface area contributed by atoms with Crippen molar-refractivity contribution in [3.8, 4) is 0 Å². The van der Waals surface area contributed by atoms with Gasteiger partial charge in [0.2, 0.25) is 0 Å². The maximum absolute atomic E-state index is 14.6. The quantitative estimate of drug-likeness (QED) is 0.149. The van der Waals surface area contributed by atoms with Gasteiger partial charge in [0.25, 0.3) is 0 Å². The monoisotopic (exact) mass is 620 g/mol. The second kappa shape index (κ2) is 14.3. The molecular weight excluding hydrogens is 595 g/mol. The third-order valence-electron chi connectivity index (χ3n) is 6.57. The molecule has 1 heterocycles. The van der Waals surface area contributed by atoms with Gasteiger partial charge in [0.1, 0.15) is 18.2 Å². The second-order valence-electron chi connectivity index (χ2n) is 9.48. The Balaban J connectivity index is 1.54. The molecular formula is C33H26ClFO7S. The van der Waals surface area contributed by atoms with Crippen molar-refractivity contribution in [3.63, 3.8) is 0 Å². The average molecular weight is 621 g/mol. The van der Waals surface area contributed by atoms with Gasteiger partial charge in [-0.25, -0.2) is 18.8 Å². The van der Waals surface area contributed by atoms with Crippen LogP contribution in [0.15, 0.2) is 120 Å². The minimum absolute atomic E-state index is 0.198. The van der Waals surface area contributed by atoms with Gasteiger partial charge in [-0.15, -0.1) is 0 Å². The van der Waals surface area contributed by atoms with E-state index in [0.717, 1.165) is 11.8 Å². The Morgan fingerprint density at radius 1 is 0.628 bits per heavy atom. The van der Waals surface area contributed by atoms with Crippen molar-refractivity contribution in [2.75, 3.05) is 6.67 Å². The lowest BCUT2D eigenvalue weighted by molar-refractivity contribution is -0.202. The van der Waals surface area contributed by atoms with Crippen LogP contribution in [-0.2, 0) is 18.9 Å². The van der Waals surface area contributed by atoms with Crippen LogP contribution in [0.25, 0.3) is 0 Å². The fraction of sp³-hybridized carbons (Fsp3) is 0.182. The summed E-state index contributed by atoms with van der Waals surface area (Å²) in [6.45, 7) is -1.08. The standard InChI is InChI=1S/C33H26ClFO7S/c34-24-16-18-25(19-17-24)43-33-29(42-32(38)23-14-8-3-9-15-23)28(41-31(37)22-12-6-2-7-13-22)27(26(20-35)39-33)40-30(36)21-10-4-1-5-11-21/h1-19,26-29,33H,20H2/t26-,27-,28+,29-,33+/m1/s1. The van der Waals surface area contributed by atoms with E-state index < -0.39 is 54.4 Å². The Hall–Kier alpha value is -4.18. The summed E-state index contributed by atoms with van der Waals surface area (Å²) in [6, 6.07) is 31.2. The second-order valence-corrected chi connectivity index (χ2v) is 11.1. The van der Waals surface area contributed by atoms with Crippen LogP contribution in [0.3, 0.4) is 0 Å². The van der Waals surface area contributed by atoms with Gasteiger partial charge in [-0.3, -0.25) is 0 Å². The van der Waals surface area contributed by atoms with Gasteiger partial charge in [0, 0.05) is 9.92 Å². The average Bonchev–Trinajstić information content (AvgIpc) is 3.05. The molecule has 220 valence electrons. The van der Waals surface area contributed by atoms with Crippen molar-refractivity contribution >= 4 is 41.3 Å². The van der Waals surface area contributed by atoms with Crippen molar-refractivity contribution in [3.05, 3.63) is 137 Å². The number of halogens is 2.